The molecule has 6 heteroatoms. The van der Waals surface area contributed by atoms with Crippen LogP contribution in [0.5, 0.6) is 0 Å². The highest BCUT2D eigenvalue weighted by Crippen LogP contribution is 2.26. The summed E-state index contributed by atoms with van der Waals surface area (Å²) in [7, 11) is 0. The molecule has 0 radical (unpaired) electrons. The summed E-state index contributed by atoms with van der Waals surface area (Å²) in [4.78, 5) is 33.4. The lowest BCUT2D eigenvalue weighted by Crippen LogP contribution is -2.35. The molecule has 4 rings (SSSR count). The molecule has 0 aliphatic heterocycles. The van der Waals surface area contributed by atoms with Crippen molar-refractivity contribution in [3.8, 4) is 11.3 Å². The number of nitrogens with zero attached hydrogens (tertiary/aromatic N) is 2. The summed E-state index contributed by atoms with van der Waals surface area (Å²) in [6.45, 7) is 3.66. The third-order valence-electron chi connectivity index (χ3n) is 4.89. The summed E-state index contributed by atoms with van der Waals surface area (Å²) >= 11 is 0. The van der Waals surface area contributed by atoms with Crippen LogP contribution in [-0.2, 0) is 0 Å². The smallest absolute Gasteiger partial charge is 0.291 e. The van der Waals surface area contributed by atoms with Crippen LogP contribution in [0, 0.1) is 13.8 Å². The Balaban J connectivity index is 1.48. The van der Waals surface area contributed by atoms with Gasteiger partial charge in [0.05, 0.1) is 18.1 Å². The fraction of sp³-hybridized carbons (Fsp3) is 0.0833. The number of amides is 3. The molecule has 1 heterocycles. The fourth-order valence-corrected chi connectivity index (χ4v) is 3.47. The van der Waals surface area contributed by atoms with E-state index in [-0.39, 0.29) is 5.82 Å². The Labute approximate surface area is 174 Å². The highest BCUT2D eigenvalue weighted by Gasteiger charge is 2.15. The van der Waals surface area contributed by atoms with Gasteiger partial charge in [-0.25, -0.2) is 9.78 Å². The van der Waals surface area contributed by atoms with E-state index in [0.29, 0.717) is 11.3 Å². The molecule has 4 aromatic rings. The molecule has 0 saturated heterocycles. The minimum absolute atomic E-state index is 0.255. The third kappa shape index (κ3) is 3.89. The molecule has 3 aromatic carbocycles. The topological polar surface area (TPSA) is 84.0 Å². The number of anilines is 1. The first-order valence-corrected chi connectivity index (χ1v) is 9.51. The van der Waals surface area contributed by atoms with Crippen molar-refractivity contribution in [2.75, 3.05) is 5.32 Å². The molecular weight excluding hydrogens is 376 g/mol. The summed E-state index contributed by atoms with van der Waals surface area (Å²) in [6.07, 6.45) is 3.07. The van der Waals surface area contributed by atoms with Crippen LogP contribution in [-0.4, -0.2) is 21.9 Å². The van der Waals surface area contributed by atoms with Gasteiger partial charge in [-0.3, -0.25) is 20.4 Å². The maximum atomic E-state index is 12.4. The van der Waals surface area contributed by atoms with Crippen LogP contribution in [0.15, 0.2) is 73.1 Å². The van der Waals surface area contributed by atoms with Gasteiger partial charge in [0.2, 0.25) is 0 Å². The Bertz CT molecular complexity index is 1220. The first-order valence-electron chi connectivity index (χ1n) is 9.51. The molecule has 3 amide bonds. The normalized spacial score (nSPS) is 10.6. The second kappa shape index (κ2) is 8.13. The van der Waals surface area contributed by atoms with Gasteiger partial charge in [-0.1, -0.05) is 60.7 Å². The number of carbonyl (C=O) groups excluding carboxylic acids is 2. The fourth-order valence-electron chi connectivity index (χ4n) is 3.47. The number of benzene rings is 3. The number of hydrogen-bond donors (Lipinski definition) is 2. The zero-order chi connectivity index (χ0) is 21.1. The van der Waals surface area contributed by atoms with E-state index in [4.69, 9.17) is 0 Å². The summed E-state index contributed by atoms with van der Waals surface area (Å²) < 4.78 is 0. The van der Waals surface area contributed by atoms with Crippen molar-refractivity contribution in [1.82, 2.24) is 15.3 Å². The second-order valence-electron chi connectivity index (χ2n) is 6.99. The van der Waals surface area contributed by atoms with Gasteiger partial charge in [0, 0.05) is 11.1 Å². The molecule has 30 heavy (non-hydrogen) atoms. The Morgan fingerprint density at radius 3 is 2.23 bits per heavy atom. The van der Waals surface area contributed by atoms with Gasteiger partial charge >= 0.3 is 6.03 Å². The summed E-state index contributed by atoms with van der Waals surface area (Å²) in [5, 5.41) is 7.08. The Hall–Kier alpha value is -4.06. The molecule has 0 aliphatic carbocycles. The van der Waals surface area contributed by atoms with E-state index in [9.17, 15) is 9.59 Å². The van der Waals surface area contributed by atoms with Gasteiger partial charge in [0.1, 0.15) is 0 Å². The van der Waals surface area contributed by atoms with Crippen LogP contribution >= 0.6 is 0 Å². The lowest BCUT2D eigenvalue weighted by Gasteiger charge is -2.10. The van der Waals surface area contributed by atoms with Gasteiger partial charge in [-0.2, -0.15) is 0 Å². The molecule has 2 N–H and O–H groups in total. The summed E-state index contributed by atoms with van der Waals surface area (Å²) in [6, 6.07) is 18.9. The van der Waals surface area contributed by atoms with E-state index in [1.54, 1.807) is 6.20 Å². The zero-order valence-electron chi connectivity index (χ0n) is 16.6. The van der Waals surface area contributed by atoms with Gasteiger partial charge < -0.3 is 0 Å². The van der Waals surface area contributed by atoms with Gasteiger partial charge in [0.15, 0.2) is 5.82 Å². The highest BCUT2D eigenvalue weighted by molar-refractivity contribution is 6.09. The molecule has 6 nitrogen and oxygen atoms in total. The monoisotopic (exact) mass is 396 g/mol. The molecule has 0 aliphatic rings. The quantitative estimate of drug-likeness (QED) is 0.517. The second-order valence-corrected chi connectivity index (χ2v) is 6.99. The van der Waals surface area contributed by atoms with Crippen LogP contribution in [0.4, 0.5) is 10.6 Å². The lowest BCUT2D eigenvalue weighted by molar-refractivity contribution is 0.0966. The SMILES string of the molecule is Cc1cccc(C)c1C(=O)NC(=O)Nc1cnc(-c2cccc3ccccc23)cn1. The molecule has 0 unspecified atom stereocenters. The van der Waals surface area contributed by atoms with E-state index in [1.165, 1.54) is 6.20 Å². The number of imide groups is 1. The van der Waals surface area contributed by atoms with Crippen molar-refractivity contribution in [3.63, 3.8) is 0 Å². The number of carbonyl (C=O) groups is 2. The predicted molar refractivity (Wildman–Crippen MR) is 117 cm³/mol. The van der Waals surface area contributed by atoms with Crippen molar-refractivity contribution in [3.05, 3.63) is 89.7 Å². The van der Waals surface area contributed by atoms with Crippen LogP contribution in [0.3, 0.4) is 0 Å². The highest BCUT2D eigenvalue weighted by atomic mass is 16.2. The Morgan fingerprint density at radius 1 is 0.800 bits per heavy atom. The maximum Gasteiger partial charge on any atom is 0.327 e. The largest absolute Gasteiger partial charge is 0.327 e. The maximum absolute atomic E-state index is 12.4. The molecule has 0 spiro atoms. The van der Waals surface area contributed by atoms with Crippen LogP contribution in [0.2, 0.25) is 0 Å². The first kappa shape index (κ1) is 19.3. The molecule has 0 bridgehead atoms. The zero-order valence-corrected chi connectivity index (χ0v) is 16.6. The molecular formula is C24H20N4O2. The van der Waals surface area contributed by atoms with Crippen molar-refractivity contribution >= 4 is 28.5 Å². The summed E-state index contributed by atoms with van der Waals surface area (Å²) in [5.74, 6) is -0.200. The van der Waals surface area contributed by atoms with Crippen molar-refractivity contribution in [2.24, 2.45) is 0 Å². The standard InChI is InChI=1S/C24H20N4O2/c1-15-7-5-8-16(2)22(15)23(29)28-24(30)27-21-14-25-20(13-26-21)19-12-6-10-17-9-3-4-11-18(17)19/h3-14H,1-2H3,(H2,26,27,28,29,30). The average Bonchev–Trinajstić information content (AvgIpc) is 2.74. The minimum atomic E-state index is -0.658. The first-order chi connectivity index (χ1) is 14.5. The predicted octanol–water partition coefficient (Wildman–Crippen LogP) is 4.88. The van der Waals surface area contributed by atoms with E-state index < -0.39 is 11.9 Å². The van der Waals surface area contributed by atoms with E-state index in [2.05, 4.69) is 20.6 Å². The van der Waals surface area contributed by atoms with Gasteiger partial charge in [-0.15, -0.1) is 0 Å². The Kier molecular flexibility index (Phi) is 5.22. The van der Waals surface area contributed by atoms with Gasteiger partial charge in [0.25, 0.3) is 5.91 Å². The van der Waals surface area contributed by atoms with Crippen LogP contribution < -0.4 is 10.6 Å². The lowest BCUT2D eigenvalue weighted by atomic mass is 10.0. The minimum Gasteiger partial charge on any atom is -0.291 e. The average molecular weight is 396 g/mol. The van der Waals surface area contributed by atoms with Crippen LogP contribution in [0.1, 0.15) is 21.5 Å². The summed E-state index contributed by atoms with van der Waals surface area (Å²) in [5.41, 5.74) is 3.76. The molecule has 148 valence electrons. The number of fused-ring (bicyclic) bond motifs is 1. The Morgan fingerprint density at radius 2 is 1.50 bits per heavy atom. The van der Waals surface area contributed by atoms with E-state index in [0.717, 1.165) is 27.5 Å². The van der Waals surface area contributed by atoms with Crippen molar-refractivity contribution in [2.45, 2.75) is 13.8 Å². The third-order valence-corrected chi connectivity index (χ3v) is 4.89. The van der Waals surface area contributed by atoms with Gasteiger partial charge in [-0.05, 0) is 35.7 Å². The van der Waals surface area contributed by atoms with Crippen LogP contribution in [0.25, 0.3) is 22.0 Å². The number of rotatable bonds is 3. The number of aryl methyl sites for hydroxylation is 2. The molecule has 0 fully saturated rings. The number of nitrogens with one attached hydrogen (secondary N) is 2. The van der Waals surface area contributed by atoms with Crippen molar-refractivity contribution < 1.29 is 9.59 Å². The van der Waals surface area contributed by atoms with Crippen molar-refractivity contribution in [1.29, 1.82) is 0 Å². The number of hydrogen-bond acceptors (Lipinski definition) is 4. The number of urea groups is 1. The number of aromatic nitrogens is 2. The van der Waals surface area contributed by atoms with E-state index >= 15 is 0 Å². The molecule has 0 atom stereocenters. The molecule has 1 aromatic heterocycles. The molecule has 0 saturated carbocycles. The van der Waals surface area contributed by atoms with E-state index in [1.807, 2.05) is 74.5 Å².